The molecule has 0 aliphatic carbocycles. The molecule has 5 rings (SSSR count). The first-order valence-electron chi connectivity index (χ1n) is 13.2. The van der Waals surface area contributed by atoms with Gasteiger partial charge in [-0.25, -0.2) is 0 Å². The van der Waals surface area contributed by atoms with E-state index in [1.165, 1.54) is 18.2 Å². The number of amides is 2. The molecule has 7 nitrogen and oxygen atoms in total. The van der Waals surface area contributed by atoms with Gasteiger partial charge in [0.15, 0.2) is 0 Å². The Morgan fingerprint density at radius 1 is 1.02 bits per heavy atom. The first-order chi connectivity index (χ1) is 19.1. The molecule has 2 atom stereocenters. The van der Waals surface area contributed by atoms with E-state index in [0.29, 0.717) is 31.7 Å². The van der Waals surface area contributed by atoms with Crippen molar-refractivity contribution in [2.75, 3.05) is 19.6 Å². The van der Waals surface area contributed by atoms with Gasteiger partial charge < -0.3 is 20.1 Å². The van der Waals surface area contributed by atoms with Crippen molar-refractivity contribution < 1.29 is 32.6 Å². The van der Waals surface area contributed by atoms with Gasteiger partial charge in [0.25, 0.3) is 11.5 Å². The van der Waals surface area contributed by atoms with E-state index in [9.17, 15) is 27.9 Å². The largest absolute Gasteiger partial charge is 0.489 e. The maximum Gasteiger partial charge on any atom is 0.430 e. The van der Waals surface area contributed by atoms with E-state index in [4.69, 9.17) is 4.74 Å². The molecule has 2 saturated heterocycles. The molecular weight excluding hydrogens is 523 g/mol. The van der Waals surface area contributed by atoms with Crippen LogP contribution in [0.25, 0.3) is 0 Å². The molecule has 1 spiro atoms. The van der Waals surface area contributed by atoms with Gasteiger partial charge in [0.2, 0.25) is 5.91 Å². The molecule has 2 amide bonds. The molecule has 2 aromatic carbocycles. The van der Waals surface area contributed by atoms with E-state index < -0.39 is 28.7 Å². The number of aliphatic hydroxyl groups is 1. The molecule has 3 aromatic rings. The van der Waals surface area contributed by atoms with Gasteiger partial charge in [0, 0.05) is 49.9 Å². The number of nitrogens with one attached hydrogen (secondary N) is 1. The fourth-order valence-electron chi connectivity index (χ4n) is 5.91. The number of piperidine rings is 2. The molecule has 0 saturated carbocycles. The number of aromatic nitrogens is 1. The zero-order valence-corrected chi connectivity index (χ0v) is 21.7. The zero-order valence-electron chi connectivity index (χ0n) is 21.7. The van der Waals surface area contributed by atoms with Gasteiger partial charge in [-0.15, -0.1) is 0 Å². The third kappa shape index (κ3) is 5.15. The van der Waals surface area contributed by atoms with Crippen molar-refractivity contribution in [3.8, 4) is 5.75 Å². The van der Waals surface area contributed by atoms with Crippen LogP contribution in [0.4, 0.5) is 13.2 Å². The fraction of sp³-hybridized carbons (Fsp3) is 0.367. The van der Waals surface area contributed by atoms with Crippen molar-refractivity contribution in [1.29, 1.82) is 0 Å². The van der Waals surface area contributed by atoms with Crippen LogP contribution in [0.15, 0.2) is 79.1 Å². The molecular formula is C30H30F3N3O4. The number of alkyl halides is 3. The number of halogens is 3. The number of pyridine rings is 1. The van der Waals surface area contributed by atoms with Crippen molar-refractivity contribution >= 4 is 11.8 Å². The average Bonchev–Trinajstić information content (AvgIpc) is 2.96. The second-order valence-electron chi connectivity index (χ2n) is 10.4. The van der Waals surface area contributed by atoms with E-state index in [1.54, 1.807) is 12.4 Å². The molecule has 2 aliphatic rings. The Hall–Kier alpha value is -3.92. The molecule has 210 valence electrons. The van der Waals surface area contributed by atoms with Crippen LogP contribution in [0.3, 0.4) is 0 Å². The van der Waals surface area contributed by atoms with Crippen molar-refractivity contribution in [3.63, 3.8) is 0 Å². The first kappa shape index (κ1) is 27.6. The fourth-order valence-corrected chi connectivity index (χ4v) is 5.91. The summed E-state index contributed by atoms with van der Waals surface area (Å²) in [4.78, 5) is 31.0. The third-order valence-electron chi connectivity index (χ3n) is 8.15. The van der Waals surface area contributed by atoms with E-state index >= 15 is 0 Å². The van der Waals surface area contributed by atoms with Crippen molar-refractivity contribution in [2.45, 2.75) is 43.6 Å². The van der Waals surface area contributed by atoms with E-state index in [0.717, 1.165) is 28.2 Å². The highest BCUT2D eigenvalue weighted by atomic mass is 19.4. The lowest BCUT2D eigenvalue weighted by Gasteiger charge is -2.50. The van der Waals surface area contributed by atoms with Crippen LogP contribution in [0.2, 0.25) is 0 Å². The molecule has 1 aromatic heterocycles. The minimum absolute atomic E-state index is 0.0200. The number of rotatable bonds is 6. The van der Waals surface area contributed by atoms with Crippen LogP contribution < -0.4 is 10.1 Å². The van der Waals surface area contributed by atoms with Gasteiger partial charge in [-0.1, -0.05) is 48.5 Å². The van der Waals surface area contributed by atoms with Gasteiger partial charge in [-0.2, -0.15) is 13.2 Å². The van der Waals surface area contributed by atoms with Gasteiger partial charge >= 0.3 is 6.18 Å². The zero-order chi connectivity index (χ0) is 28.4. The number of likely N-dealkylation sites (tertiary alicyclic amines) is 1. The highest BCUT2D eigenvalue weighted by molar-refractivity contribution is 5.87. The number of ether oxygens (including phenoxy) is 1. The quantitative estimate of drug-likeness (QED) is 0.475. The number of carbonyl (C=O) groups is 2. The predicted molar refractivity (Wildman–Crippen MR) is 140 cm³/mol. The monoisotopic (exact) mass is 553 g/mol. The number of benzene rings is 2. The molecule has 0 bridgehead atoms. The Morgan fingerprint density at radius 3 is 2.35 bits per heavy atom. The van der Waals surface area contributed by atoms with Crippen LogP contribution in [-0.2, 0) is 21.8 Å². The topological polar surface area (TPSA) is 91.8 Å². The van der Waals surface area contributed by atoms with Gasteiger partial charge in [0.1, 0.15) is 12.4 Å². The number of nitrogens with zero attached hydrogens (tertiary/aromatic N) is 2. The van der Waals surface area contributed by atoms with Crippen LogP contribution in [0.1, 0.15) is 41.9 Å². The number of carbonyl (C=O) groups excluding carboxylic acids is 2. The predicted octanol–water partition coefficient (Wildman–Crippen LogP) is 4.32. The number of hydrogen-bond donors (Lipinski definition) is 2. The number of hydrogen-bond acceptors (Lipinski definition) is 5. The highest BCUT2D eigenvalue weighted by Gasteiger charge is 2.62. The average molecular weight is 554 g/mol. The standard InChI is InChI=1S/C30H30F3N3O4/c31-30(32,33)29(39,22-6-2-1-3-7-22)27(38)36-16-12-28(13-17-36)18-26(37)35-19-24(28)23-8-4-5-9-25(23)40-20-21-10-14-34-15-11-21/h1-11,14-15,24,39H,12-13,16-20H2,(H,35,37)/t24?,29-/m1/s1. The summed E-state index contributed by atoms with van der Waals surface area (Å²) in [7, 11) is 0. The Bertz CT molecular complexity index is 1350. The lowest BCUT2D eigenvalue weighted by molar-refractivity contribution is -0.262. The van der Waals surface area contributed by atoms with Crippen molar-refractivity contribution in [2.24, 2.45) is 5.41 Å². The highest BCUT2D eigenvalue weighted by Crippen LogP contribution is 2.51. The normalized spacial score (nSPS) is 20.4. The smallest absolute Gasteiger partial charge is 0.430 e. The summed E-state index contributed by atoms with van der Waals surface area (Å²) >= 11 is 0. The maximum atomic E-state index is 14.2. The minimum Gasteiger partial charge on any atom is -0.489 e. The summed E-state index contributed by atoms with van der Waals surface area (Å²) < 4.78 is 48.6. The van der Waals surface area contributed by atoms with Crippen LogP contribution in [-0.4, -0.2) is 52.6 Å². The SMILES string of the molecule is O=C1CC2(CCN(C(=O)[C@](O)(c3ccccc3)C(F)(F)F)CC2)C(c2ccccc2OCc2ccncc2)CN1. The molecule has 2 aliphatic heterocycles. The van der Waals surface area contributed by atoms with Crippen LogP contribution >= 0.6 is 0 Å². The Balaban J connectivity index is 1.39. The number of para-hydroxylation sites is 1. The van der Waals surface area contributed by atoms with Crippen LogP contribution in [0, 0.1) is 5.41 Å². The summed E-state index contributed by atoms with van der Waals surface area (Å²) in [6.45, 7) is 0.629. The van der Waals surface area contributed by atoms with Gasteiger partial charge in [-0.05, 0) is 47.6 Å². The van der Waals surface area contributed by atoms with E-state index in [-0.39, 0.29) is 31.3 Å². The molecule has 1 unspecified atom stereocenters. The second-order valence-corrected chi connectivity index (χ2v) is 10.4. The van der Waals surface area contributed by atoms with Crippen molar-refractivity contribution in [3.05, 3.63) is 95.8 Å². The summed E-state index contributed by atoms with van der Waals surface area (Å²) in [5, 5.41) is 13.7. The van der Waals surface area contributed by atoms with Crippen molar-refractivity contribution in [1.82, 2.24) is 15.2 Å². The Morgan fingerprint density at radius 2 is 1.68 bits per heavy atom. The lowest BCUT2D eigenvalue weighted by atomic mass is 9.62. The molecule has 40 heavy (non-hydrogen) atoms. The molecule has 2 N–H and O–H groups in total. The summed E-state index contributed by atoms with van der Waals surface area (Å²) in [6, 6.07) is 17.7. The van der Waals surface area contributed by atoms with Gasteiger partial charge in [-0.3, -0.25) is 14.6 Å². The molecule has 3 heterocycles. The first-order valence-corrected chi connectivity index (χ1v) is 13.2. The minimum atomic E-state index is -5.21. The van der Waals surface area contributed by atoms with Gasteiger partial charge in [0.05, 0.1) is 0 Å². The second kappa shape index (κ2) is 10.9. The summed E-state index contributed by atoms with van der Waals surface area (Å²) in [5.41, 5.74) is -2.93. The van der Waals surface area contributed by atoms with E-state index in [2.05, 4.69) is 10.3 Å². The Kier molecular flexibility index (Phi) is 7.55. The third-order valence-corrected chi connectivity index (χ3v) is 8.15. The summed E-state index contributed by atoms with van der Waals surface area (Å²) in [5.74, 6) is -1.05. The van der Waals surface area contributed by atoms with Crippen LogP contribution in [0.5, 0.6) is 5.75 Å². The van der Waals surface area contributed by atoms with E-state index in [1.807, 2.05) is 36.4 Å². The molecule has 10 heteroatoms. The maximum absolute atomic E-state index is 14.2. The molecule has 2 fully saturated rings. The molecule has 0 radical (unpaired) electrons. The summed E-state index contributed by atoms with van der Waals surface area (Å²) in [6.07, 6.45) is -1.05. The lowest BCUT2D eigenvalue weighted by Crippen LogP contribution is -2.59. The Labute approximate surface area is 230 Å².